The van der Waals surface area contributed by atoms with Crippen molar-refractivity contribution < 1.29 is 4.79 Å². The molecule has 1 aromatic carbocycles. The van der Waals surface area contributed by atoms with E-state index in [2.05, 4.69) is 34.9 Å². The minimum atomic E-state index is -0.423. The smallest absolute Gasteiger partial charge is 0.219 e. The molecule has 2 heterocycles. The Hall–Kier alpha value is -2.86. The van der Waals surface area contributed by atoms with Crippen LogP contribution in [0.3, 0.4) is 0 Å². The van der Waals surface area contributed by atoms with Crippen LogP contribution in [0.4, 0.5) is 0 Å². The molecule has 0 N–H and O–H groups in total. The Balaban J connectivity index is 1.74. The highest BCUT2D eigenvalue weighted by atomic mass is 35.5. The normalized spacial score (nSPS) is 19.4. The SMILES string of the molecule is CC1(C)[C@@H](CC(=O)N=[N+]=[N-])C[C@H]1c1cc(-c2cccnc2)nn1-c1ccc(Cl)c(Cl)c1. The fourth-order valence-corrected chi connectivity index (χ4v) is 4.58. The lowest BCUT2D eigenvalue weighted by Gasteiger charge is -2.52. The third-order valence-corrected chi connectivity index (χ3v) is 6.99. The van der Waals surface area contributed by atoms with Gasteiger partial charge in [0.1, 0.15) is 0 Å². The second-order valence-corrected chi connectivity index (χ2v) is 9.11. The second-order valence-electron chi connectivity index (χ2n) is 8.30. The summed E-state index contributed by atoms with van der Waals surface area (Å²) in [5, 5.41) is 9.01. The Bertz CT molecular complexity index is 1180. The van der Waals surface area contributed by atoms with E-state index in [1.807, 2.05) is 22.9 Å². The van der Waals surface area contributed by atoms with Crippen molar-refractivity contribution in [3.8, 4) is 16.9 Å². The van der Waals surface area contributed by atoms with Gasteiger partial charge in [-0.25, -0.2) is 4.68 Å². The molecular formula is C22H20Cl2N6O. The first kappa shape index (κ1) is 21.4. The number of rotatable bonds is 5. The Labute approximate surface area is 189 Å². The van der Waals surface area contributed by atoms with Crippen LogP contribution in [-0.2, 0) is 4.79 Å². The number of nitrogens with zero attached hydrogens (tertiary/aromatic N) is 6. The molecule has 9 heteroatoms. The monoisotopic (exact) mass is 454 g/mol. The van der Waals surface area contributed by atoms with Crippen LogP contribution in [0.25, 0.3) is 27.4 Å². The first-order valence-corrected chi connectivity index (χ1v) is 10.6. The first-order chi connectivity index (χ1) is 14.8. The summed E-state index contributed by atoms with van der Waals surface area (Å²) >= 11 is 12.4. The third-order valence-electron chi connectivity index (χ3n) is 6.25. The molecule has 0 saturated heterocycles. The third kappa shape index (κ3) is 4.04. The second kappa shape index (κ2) is 8.35. The van der Waals surface area contributed by atoms with E-state index < -0.39 is 5.91 Å². The summed E-state index contributed by atoms with van der Waals surface area (Å²) in [4.78, 5) is 18.7. The number of hydrogen-bond acceptors (Lipinski definition) is 3. The molecule has 0 spiro atoms. The van der Waals surface area contributed by atoms with E-state index in [4.69, 9.17) is 33.8 Å². The standard InChI is InChI=1S/C22H20Cl2N6O/c1-22(2)14(9-21(31)27-29-25)8-16(22)20-11-19(13-4-3-7-26-12-13)28-30(20)15-5-6-17(23)18(24)10-15/h3-7,10-12,14,16H,8-9H2,1-2H3/t14-,16+/m1/s1. The zero-order valence-corrected chi connectivity index (χ0v) is 18.5. The zero-order chi connectivity index (χ0) is 22.2. The molecule has 1 saturated carbocycles. The molecular weight excluding hydrogens is 435 g/mol. The van der Waals surface area contributed by atoms with Gasteiger partial charge >= 0.3 is 0 Å². The van der Waals surface area contributed by atoms with E-state index >= 15 is 0 Å². The average Bonchev–Trinajstić information content (AvgIpc) is 3.18. The van der Waals surface area contributed by atoms with Gasteiger partial charge in [-0.15, -0.1) is 0 Å². The number of carbonyl (C=O) groups is 1. The van der Waals surface area contributed by atoms with Crippen molar-refractivity contribution in [2.45, 2.75) is 32.6 Å². The van der Waals surface area contributed by atoms with Crippen LogP contribution in [0.2, 0.25) is 10.0 Å². The number of hydrogen-bond donors (Lipinski definition) is 0. The molecule has 1 aliphatic rings. The van der Waals surface area contributed by atoms with Crippen molar-refractivity contribution in [2.75, 3.05) is 0 Å². The van der Waals surface area contributed by atoms with Crippen molar-refractivity contribution in [3.05, 3.63) is 75.0 Å². The van der Waals surface area contributed by atoms with Gasteiger partial charge in [0.25, 0.3) is 0 Å². The molecule has 0 radical (unpaired) electrons. The van der Waals surface area contributed by atoms with Gasteiger partial charge < -0.3 is 0 Å². The van der Waals surface area contributed by atoms with Crippen LogP contribution < -0.4 is 0 Å². The van der Waals surface area contributed by atoms with E-state index in [0.29, 0.717) is 10.0 Å². The maximum atomic E-state index is 11.9. The van der Waals surface area contributed by atoms with Gasteiger partial charge in [0.05, 0.1) is 21.4 Å². The summed E-state index contributed by atoms with van der Waals surface area (Å²) in [6, 6.07) is 11.3. The van der Waals surface area contributed by atoms with E-state index in [1.165, 1.54) is 0 Å². The lowest BCUT2D eigenvalue weighted by Crippen LogP contribution is -2.44. The number of pyridine rings is 1. The summed E-state index contributed by atoms with van der Waals surface area (Å²) in [7, 11) is 0. The van der Waals surface area contributed by atoms with Crippen LogP contribution in [0.1, 0.15) is 38.3 Å². The van der Waals surface area contributed by atoms with Crippen molar-refractivity contribution >= 4 is 29.1 Å². The van der Waals surface area contributed by atoms with Gasteiger partial charge in [-0.2, -0.15) is 5.10 Å². The molecule has 7 nitrogen and oxygen atoms in total. The molecule has 0 aliphatic heterocycles. The largest absolute Gasteiger partial charge is 0.293 e. The molecule has 2 aromatic heterocycles. The number of aromatic nitrogens is 3. The topological polar surface area (TPSA) is 96.5 Å². The molecule has 2 atom stereocenters. The summed E-state index contributed by atoms with van der Waals surface area (Å²) in [6.45, 7) is 4.26. The van der Waals surface area contributed by atoms with Gasteiger partial charge in [-0.3, -0.25) is 9.78 Å². The highest BCUT2D eigenvalue weighted by molar-refractivity contribution is 6.42. The number of azide groups is 1. The number of carbonyl (C=O) groups excluding carboxylic acids is 1. The quantitative estimate of drug-likeness (QED) is 0.246. The Morgan fingerprint density at radius 1 is 1.29 bits per heavy atom. The molecule has 4 rings (SSSR count). The molecule has 31 heavy (non-hydrogen) atoms. The minimum Gasteiger partial charge on any atom is -0.293 e. The summed E-state index contributed by atoms with van der Waals surface area (Å²) in [5.41, 5.74) is 11.9. The lowest BCUT2D eigenvalue weighted by molar-refractivity contribution is -0.122. The zero-order valence-electron chi connectivity index (χ0n) is 17.0. The first-order valence-electron chi connectivity index (χ1n) is 9.85. The predicted molar refractivity (Wildman–Crippen MR) is 120 cm³/mol. The molecule has 0 unspecified atom stereocenters. The Kier molecular flexibility index (Phi) is 5.75. The van der Waals surface area contributed by atoms with Crippen LogP contribution >= 0.6 is 23.2 Å². The molecule has 1 aliphatic carbocycles. The number of benzene rings is 1. The highest BCUT2D eigenvalue weighted by Gasteiger charge is 2.50. The predicted octanol–water partition coefficient (Wildman–Crippen LogP) is 6.60. The van der Waals surface area contributed by atoms with Crippen LogP contribution in [0, 0.1) is 11.3 Å². The van der Waals surface area contributed by atoms with Crippen molar-refractivity contribution in [2.24, 2.45) is 16.4 Å². The van der Waals surface area contributed by atoms with Gasteiger partial charge in [-0.1, -0.05) is 37.0 Å². The Morgan fingerprint density at radius 2 is 2.10 bits per heavy atom. The maximum Gasteiger partial charge on any atom is 0.219 e. The van der Waals surface area contributed by atoms with Crippen molar-refractivity contribution in [3.63, 3.8) is 0 Å². The summed E-state index contributed by atoms with van der Waals surface area (Å²) < 4.78 is 1.89. The van der Waals surface area contributed by atoms with E-state index in [-0.39, 0.29) is 23.7 Å². The lowest BCUT2D eigenvalue weighted by atomic mass is 9.53. The van der Waals surface area contributed by atoms with Crippen molar-refractivity contribution in [1.82, 2.24) is 14.8 Å². The van der Waals surface area contributed by atoms with Gasteiger partial charge in [0.15, 0.2) is 0 Å². The molecule has 1 fully saturated rings. The maximum absolute atomic E-state index is 11.9. The average molecular weight is 455 g/mol. The van der Waals surface area contributed by atoms with Crippen LogP contribution in [-0.4, -0.2) is 20.7 Å². The molecule has 158 valence electrons. The van der Waals surface area contributed by atoms with Gasteiger partial charge in [0.2, 0.25) is 5.91 Å². The number of halogens is 2. The minimum absolute atomic E-state index is 0.120. The molecule has 3 aromatic rings. The molecule has 1 amide bonds. The fraction of sp³-hybridized carbons (Fsp3) is 0.318. The number of amides is 1. The van der Waals surface area contributed by atoms with Crippen molar-refractivity contribution in [1.29, 1.82) is 0 Å². The van der Waals surface area contributed by atoms with Crippen LogP contribution in [0.5, 0.6) is 0 Å². The summed E-state index contributed by atoms with van der Waals surface area (Å²) in [6.07, 6.45) is 4.53. The molecule has 0 bridgehead atoms. The van der Waals surface area contributed by atoms with Crippen LogP contribution in [0.15, 0.2) is 53.9 Å². The van der Waals surface area contributed by atoms with E-state index in [0.717, 1.165) is 29.1 Å². The Morgan fingerprint density at radius 3 is 2.74 bits per heavy atom. The van der Waals surface area contributed by atoms with E-state index in [9.17, 15) is 4.79 Å². The fourth-order valence-electron chi connectivity index (χ4n) is 4.29. The summed E-state index contributed by atoms with van der Waals surface area (Å²) in [5.74, 6) is -0.147. The van der Waals surface area contributed by atoms with Gasteiger partial charge in [-0.05, 0) is 64.8 Å². The van der Waals surface area contributed by atoms with E-state index in [1.54, 1.807) is 24.5 Å². The van der Waals surface area contributed by atoms with Gasteiger partial charge in [0, 0.05) is 40.9 Å². The highest BCUT2D eigenvalue weighted by Crippen LogP contribution is 2.58.